The van der Waals surface area contributed by atoms with Gasteiger partial charge in [-0.1, -0.05) is 42.5 Å². The summed E-state index contributed by atoms with van der Waals surface area (Å²) in [6.45, 7) is 0. The minimum absolute atomic E-state index is 0.0330. The predicted molar refractivity (Wildman–Crippen MR) is 82.6 cm³/mol. The maximum absolute atomic E-state index is 13.7. The Morgan fingerprint density at radius 2 is 1.48 bits per heavy atom. The molecule has 0 saturated heterocycles. The van der Waals surface area contributed by atoms with Gasteiger partial charge < -0.3 is 0 Å². The van der Waals surface area contributed by atoms with E-state index in [4.69, 9.17) is 11.6 Å². The molecule has 0 aliphatic carbocycles. The average Bonchev–Trinajstić information content (AvgIpc) is 2.50. The molecule has 3 aromatic rings. The van der Waals surface area contributed by atoms with Crippen LogP contribution < -0.4 is 0 Å². The number of alkyl halides is 1. The van der Waals surface area contributed by atoms with Crippen LogP contribution in [-0.4, -0.2) is 0 Å². The highest BCUT2D eigenvalue weighted by molar-refractivity contribution is 6.21. The molecule has 0 aliphatic rings. The van der Waals surface area contributed by atoms with Crippen molar-refractivity contribution < 1.29 is 8.78 Å². The first kappa shape index (κ1) is 14.0. The normalized spacial score (nSPS) is 12.5. The van der Waals surface area contributed by atoms with E-state index >= 15 is 0 Å². The lowest BCUT2D eigenvalue weighted by molar-refractivity contribution is 0.553. The Balaban J connectivity index is 1.91. The quantitative estimate of drug-likeness (QED) is 0.549. The van der Waals surface area contributed by atoms with E-state index in [0.29, 0.717) is 0 Å². The Hall–Kier alpha value is -1.93. The van der Waals surface area contributed by atoms with Gasteiger partial charge in [-0.3, -0.25) is 0 Å². The van der Waals surface area contributed by atoms with Gasteiger partial charge in [0.05, 0.1) is 5.38 Å². The number of hydrogen-bond acceptors (Lipinski definition) is 0. The number of benzene rings is 3. The van der Waals surface area contributed by atoms with Crippen molar-refractivity contribution in [3.05, 3.63) is 83.4 Å². The average molecular weight is 303 g/mol. The van der Waals surface area contributed by atoms with Crippen molar-refractivity contribution in [1.82, 2.24) is 0 Å². The van der Waals surface area contributed by atoms with E-state index < -0.39 is 17.0 Å². The zero-order valence-electron chi connectivity index (χ0n) is 11.2. The maximum atomic E-state index is 13.7. The Bertz CT molecular complexity index is 763. The molecule has 0 heterocycles. The fourth-order valence-electron chi connectivity index (χ4n) is 2.43. The summed E-state index contributed by atoms with van der Waals surface area (Å²) in [5.74, 6) is -1.11. The van der Waals surface area contributed by atoms with E-state index in [2.05, 4.69) is 0 Å². The van der Waals surface area contributed by atoms with Gasteiger partial charge in [-0.2, -0.15) is 0 Å². The topological polar surface area (TPSA) is 0 Å². The second kappa shape index (κ2) is 5.82. The van der Waals surface area contributed by atoms with Crippen LogP contribution in [0.4, 0.5) is 8.78 Å². The summed E-state index contributed by atoms with van der Waals surface area (Å²) in [7, 11) is 0. The molecule has 0 aliphatic heterocycles. The zero-order chi connectivity index (χ0) is 14.8. The number of fused-ring (bicyclic) bond motifs is 1. The molecule has 0 spiro atoms. The van der Waals surface area contributed by atoms with Gasteiger partial charge in [0.2, 0.25) is 0 Å². The van der Waals surface area contributed by atoms with Crippen LogP contribution in [0, 0.1) is 11.6 Å². The number of hydrogen-bond donors (Lipinski definition) is 0. The summed E-state index contributed by atoms with van der Waals surface area (Å²) < 4.78 is 27.4. The van der Waals surface area contributed by atoms with Gasteiger partial charge in [0.25, 0.3) is 0 Å². The van der Waals surface area contributed by atoms with Gasteiger partial charge in [0.1, 0.15) is 11.6 Å². The van der Waals surface area contributed by atoms with E-state index in [1.54, 1.807) is 0 Å². The van der Waals surface area contributed by atoms with E-state index in [1.807, 2.05) is 42.5 Å². The summed E-state index contributed by atoms with van der Waals surface area (Å²) in [5, 5.41) is 1.71. The first-order valence-corrected chi connectivity index (χ1v) is 7.14. The van der Waals surface area contributed by atoms with E-state index in [9.17, 15) is 8.78 Å². The van der Waals surface area contributed by atoms with Crippen LogP contribution in [0.1, 0.15) is 16.5 Å². The molecular formula is C18H13ClF2. The standard InChI is InChI=1S/C18H13ClF2/c19-16(11-15-17(20)6-3-7-18(15)21)14-9-8-12-4-1-2-5-13(12)10-14/h1-10,16H,11H2. The molecule has 106 valence electrons. The third-order valence-corrected chi connectivity index (χ3v) is 3.99. The predicted octanol–water partition coefficient (Wildman–Crippen LogP) is 5.64. The smallest absolute Gasteiger partial charge is 0.129 e. The number of halogens is 3. The molecule has 0 amide bonds. The highest BCUT2D eigenvalue weighted by Gasteiger charge is 2.15. The maximum Gasteiger partial charge on any atom is 0.129 e. The van der Waals surface area contributed by atoms with Gasteiger partial charge in [-0.25, -0.2) is 8.78 Å². The van der Waals surface area contributed by atoms with E-state index in [-0.39, 0.29) is 12.0 Å². The molecule has 1 unspecified atom stereocenters. The molecule has 3 rings (SSSR count). The SMILES string of the molecule is Fc1cccc(F)c1CC(Cl)c1ccc2ccccc2c1. The lowest BCUT2D eigenvalue weighted by atomic mass is 10.00. The molecule has 0 nitrogen and oxygen atoms in total. The van der Waals surface area contributed by atoms with Crippen LogP contribution in [0.2, 0.25) is 0 Å². The molecule has 0 radical (unpaired) electrons. The summed E-state index contributed by atoms with van der Waals surface area (Å²) in [4.78, 5) is 0. The van der Waals surface area contributed by atoms with Crippen molar-refractivity contribution >= 4 is 22.4 Å². The largest absolute Gasteiger partial charge is 0.207 e. The molecule has 3 aromatic carbocycles. The Kier molecular flexibility index (Phi) is 3.89. The highest BCUT2D eigenvalue weighted by atomic mass is 35.5. The van der Waals surface area contributed by atoms with Gasteiger partial charge >= 0.3 is 0 Å². The minimum atomic E-state index is -0.554. The summed E-state index contributed by atoms with van der Waals surface area (Å²) in [6.07, 6.45) is 0.123. The Morgan fingerprint density at radius 3 is 2.19 bits per heavy atom. The van der Waals surface area contributed by atoms with Crippen LogP contribution >= 0.6 is 11.6 Å². The third kappa shape index (κ3) is 2.91. The van der Waals surface area contributed by atoms with Crippen LogP contribution in [0.15, 0.2) is 60.7 Å². The Labute approximate surface area is 127 Å². The first-order chi connectivity index (χ1) is 10.1. The van der Waals surface area contributed by atoms with Gasteiger partial charge in [-0.15, -0.1) is 11.6 Å². The lowest BCUT2D eigenvalue weighted by Crippen LogP contribution is -2.01. The first-order valence-electron chi connectivity index (χ1n) is 6.71. The zero-order valence-corrected chi connectivity index (χ0v) is 11.9. The van der Waals surface area contributed by atoms with Crippen molar-refractivity contribution in [2.75, 3.05) is 0 Å². The van der Waals surface area contributed by atoms with Crippen molar-refractivity contribution in [2.24, 2.45) is 0 Å². The second-order valence-electron chi connectivity index (χ2n) is 4.98. The van der Waals surface area contributed by atoms with Crippen molar-refractivity contribution in [3.8, 4) is 0 Å². The van der Waals surface area contributed by atoms with Crippen LogP contribution in [-0.2, 0) is 6.42 Å². The van der Waals surface area contributed by atoms with Gasteiger partial charge in [0, 0.05) is 5.56 Å². The van der Waals surface area contributed by atoms with Gasteiger partial charge in [-0.05, 0) is 41.0 Å². The molecule has 0 N–H and O–H groups in total. The lowest BCUT2D eigenvalue weighted by Gasteiger charge is -2.12. The van der Waals surface area contributed by atoms with Crippen LogP contribution in [0.3, 0.4) is 0 Å². The van der Waals surface area contributed by atoms with Crippen molar-refractivity contribution in [2.45, 2.75) is 11.8 Å². The van der Waals surface area contributed by atoms with Crippen LogP contribution in [0.5, 0.6) is 0 Å². The fraction of sp³-hybridized carbons (Fsp3) is 0.111. The highest BCUT2D eigenvalue weighted by Crippen LogP contribution is 2.29. The number of rotatable bonds is 3. The molecule has 0 bridgehead atoms. The minimum Gasteiger partial charge on any atom is -0.207 e. The molecule has 0 aromatic heterocycles. The monoisotopic (exact) mass is 302 g/mol. The summed E-state index contributed by atoms with van der Waals surface area (Å²) in [6, 6.07) is 17.6. The van der Waals surface area contributed by atoms with Gasteiger partial charge in [0.15, 0.2) is 0 Å². The van der Waals surface area contributed by atoms with Crippen molar-refractivity contribution in [1.29, 1.82) is 0 Å². The summed E-state index contributed by atoms with van der Waals surface area (Å²) >= 11 is 6.35. The molecule has 21 heavy (non-hydrogen) atoms. The molecule has 1 atom stereocenters. The Morgan fingerprint density at radius 1 is 0.810 bits per heavy atom. The molecular weight excluding hydrogens is 290 g/mol. The molecule has 0 fully saturated rings. The van der Waals surface area contributed by atoms with E-state index in [1.165, 1.54) is 18.2 Å². The second-order valence-corrected chi connectivity index (χ2v) is 5.51. The fourth-order valence-corrected chi connectivity index (χ4v) is 2.72. The third-order valence-electron chi connectivity index (χ3n) is 3.58. The van der Waals surface area contributed by atoms with Crippen molar-refractivity contribution in [3.63, 3.8) is 0 Å². The molecule has 0 saturated carbocycles. The summed E-state index contributed by atoms with van der Waals surface area (Å²) in [5.41, 5.74) is 0.892. The van der Waals surface area contributed by atoms with E-state index in [0.717, 1.165) is 16.3 Å². The van der Waals surface area contributed by atoms with Crippen LogP contribution in [0.25, 0.3) is 10.8 Å². The molecule has 3 heteroatoms.